The van der Waals surface area contributed by atoms with Gasteiger partial charge in [-0.2, -0.15) is 0 Å². The Morgan fingerprint density at radius 1 is 0.714 bits per heavy atom. The molecule has 0 aliphatic heterocycles. The molecule has 35 heavy (non-hydrogen) atoms. The summed E-state index contributed by atoms with van der Waals surface area (Å²) in [6, 6.07) is 19.0. The van der Waals surface area contributed by atoms with Crippen LogP contribution in [-0.2, 0) is 23.8 Å². The third-order valence-electron chi connectivity index (χ3n) is 4.14. The number of hydrogen-bond acceptors (Lipinski definition) is 7. The molecule has 2 rings (SSSR count). The van der Waals surface area contributed by atoms with Crippen LogP contribution in [-0.4, -0.2) is 63.3 Å². The van der Waals surface area contributed by atoms with E-state index >= 15 is 0 Å². The number of carbonyl (C=O) groups is 2. The fourth-order valence-corrected chi connectivity index (χ4v) is 2.27. The molecule has 0 saturated heterocycles. The molecule has 0 aliphatic carbocycles. The SMILES string of the molecule is C=C(C)C(=O)O.C=C(CCOCCOc1ccccc1)C(=O)OCCOCCOc1ccccc1. The summed E-state index contributed by atoms with van der Waals surface area (Å²) in [4.78, 5) is 21.4. The fourth-order valence-electron chi connectivity index (χ4n) is 2.27. The number of esters is 1. The maximum absolute atomic E-state index is 11.8. The number of ether oxygens (including phenoxy) is 5. The number of carboxylic acid groups (broad SMARTS) is 1. The highest BCUT2D eigenvalue weighted by atomic mass is 16.6. The van der Waals surface area contributed by atoms with Crippen LogP contribution in [0.2, 0.25) is 0 Å². The first-order valence-corrected chi connectivity index (χ1v) is 11.1. The molecule has 0 radical (unpaired) electrons. The van der Waals surface area contributed by atoms with Gasteiger partial charge in [-0.3, -0.25) is 0 Å². The number of para-hydroxylation sites is 2. The smallest absolute Gasteiger partial charge is 0.333 e. The number of aliphatic carboxylic acids is 1. The third-order valence-corrected chi connectivity index (χ3v) is 4.14. The van der Waals surface area contributed by atoms with Crippen molar-refractivity contribution in [3.05, 3.63) is 85.0 Å². The molecule has 8 nitrogen and oxygen atoms in total. The molecule has 0 fully saturated rings. The molecule has 8 heteroatoms. The topological polar surface area (TPSA) is 101 Å². The summed E-state index contributed by atoms with van der Waals surface area (Å²) in [6.07, 6.45) is 0.413. The molecule has 0 spiro atoms. The zero-order valence-corrected chi connectivity index (χ0v) is 20.1. The van der Waals surface area contributed by atoms with Crippen LogP contribution < -0.4 is 9.47 Å². The van der Waals surface area contributed by atoms with Gasteiger partial charge in [0.2, 0.25) is 0 Å². The Morgan fingerprint density at radius 3 is 1.60 bits per heavy atom. The average molecular weight is 487 g/mol. The van der Waals surface area contributed by atoms with Crippen molar-refractivity contribution in [2.45, 2.75) is 13.3 Å². The molecule has 0 bridgehead atoms. The zero-order valence-electron chi connectivity index (χ0n) is 20.1. The van der Waals surface area contributed by atoms with Gasteiger partial charge in [-0.15, -0.1) is 0 Å². The molecule has 0 amide bonds. The molecular formula is C27H34O8. The largest absolute Gasteiger partial charge is 0.491 e. The number of carboxylic acids is 1. The molecular weight excluding hydrogens is 452 g/mol. The molecule has 1 N–H and O–H groups in total. The van der Waals surface area contributed by atoms with Gasteiger partial charge in [-0.25, -0.2) is 9.59 Å². The second-order valence-electron chi connectivity index (χ2n) is 7.12. The van der Waals surface area contributed by atoms with E-state index in [1.54, 1.807) is 0 Å². The summed E-state index contributed by atoms with van der Waals surface area (Å²) in [6.45, 7) is 11.0. The second kappa shape index (κ2) is 18.8. The third kappa shape index (κ3) is 15.8. The van der Waals surface area contributed by atoms with Gasteiger partial charge in [-0.05, 0) is 31.2 Å². The van der Waals surface area contributed by atoms with Crippen molar-refractivity contribution in [3.8, 4) is 11.5 Å². The van der Waals surface area contributed by atoms with Gasteiger partial charge in [0.15, 0.2) is 0 Å². The van der Waals surface area contributed by atoms with Gasteiger partial charge in [-0.1, -0.05) is 49.6 Å². The molecule has 2 aromatic carbocycles. The Morgan fingerprint density at radius 2 is 1.14 bits per heavy atom. The minimum Gasteiger partial charge on any atom is -0.491 e. The predicted molar refractivity (Wildman–Crippen MR) is 133 cm³/mol. The summed E-state index contributed by atoms with van der Waals surface area (Å²) in [5, 5.41) is 7.89. The first-order chi connectivity index (χ1) is 16.9. The first-order valence-electron chi connectivity index (χ1n) is 11.1. The number of rotatable bonds is 16. The molecule has 190 valence electrons. The zero-order chi connectivity index (χ0) is 25.7. The Bertz CT molecular complexity index is 869. The van der Waals surface area contributed by atoms with Crippen LogP contribution in [0, 0.1) is 0 Å². The van der Waals surface area contributed by atoms with Crippen LogP contribution in [0.15, 0.2) is 85.0 Å². The summed E-state index contributed by atoms with van der Waals surface area (Å²) in [7, 11) is 0. The van der Waals surface area contributed by atoms with E-state index in [0.717, 1.165) is 11.5 Å². The van der Waals surface area contributed by atoms with Crippen LogP contribution in [0.25, 0.3) is 0 Å². The number of hydrogen-bond donors (Lipinski definition) is 1. The van der Waals surface area contributed by atoms with Crippen LogP contribution >= 0.6 is 0 Å². The maximum atomic E-state index is 11.8. The monoisotopic (exact) mass is 486 g/mol. The van der Waals surface area contributed by atoms with Gasteiger partial charge in [0.25, 0.3) is 0 Å². The van der Waals surface area contributed by atoms with Gasteiger partial charge in [0.05, 0.1) is 26.4 Å². The lowest BCUT2D eigenvalue weighted by atomic mass is 10.2. The molecule has 0 unspecified atom stereocenters. The van der Waals surface area contributed by atoms with Crippen LogP contribution in [0.1, 0.15) is 13.3 Å². The number of benzene rings is 2. The Kier molecular flexibility index (Phi) is 15.8. The molecule has 0 aliphatic rings. The van der Waals surface area contributed by atoms with Crippen molar-refractivity contribution in [2.75, 3.05) is 46.2 Å². The quantitative estimate of drug-likeness (QED) is 0.213. The second-order valence-corrected chi connectivity index (χ2v) is 7.12. The van der Waals surface area contributed by atoms with Crippen LogP contribution in [0.5, 0.6) is 11.5 Å². The standard InChI is InChI=1S/C23H28O6.C4H6O2/c1-20(12-13-25-14-17-27-21-8-4-2-5-9-21)23(24)29-19-16-26-15-18-28-22-10-6-3-7-11-22;1-3(2)4(5)6/h2-11H,1,12-19H2;1H2,2H3,(H,5,6). The normalized spacial score (nSPS) is 9.86. The molecule has 0 saturated carbocycles. The highest BCUT2D eigenvalue weighted by molar-refractivity contribution is 5.87. The van der Waals surface area contributed by atoms with Crippen molar-refractivity contribution in [2.24, 2.45) is 0 Å². The van der Waals surface area contributed by atoms with Crippen molar-refractivity contribution in [1.82, 2.24) is 0 Å². The first kappa shape index (κ1) is 29.4. The molecule has 0 heterocycles. The van der Waals surface area contributed by atoms with Crippen molar-refractivity contribution >= 4 is 11.9 Å². The van der Waals surface area contributed by atoms with E-state index in [2.05, 4.69) is 13.2 Å². The Balaban J connectivity index is 0.000000905. The van der Waals surface area contributed by atoms with E-state index in [9.17, 15) is 9.59 Å². The summed E-state index contributed by atoms with van der Waals surface area (Å²) >= 11 is 0. The van der Waals surface area contributed by atoms with E-state index in [4.69, 9.17) is 28.8 Å². The highest BCUT2D eigenvalue weighted by Crippen LogP contribution is 2.08. The minimum absolute atomic E-state index is 0.176. The van der Waals surface area contributed by atoms with Gasteiger partial charge >= 0.3 is 11.9 Å². The van der Waals surface area contributed by atoms with Crippen molar-refractivity contribution in [3.63, 3.8) is 0 Å². The van der Waals surface area contributed by atoms with E-state index < -0.39 is 11.9 Å². The summed E-state index contributed by atoms with van der Waals surface area (Å²) in [5.41, 5.74) is 0.552. The Hall–Kier alpha value is -3.62. The maximum Gasteiger partial charge on any atom is 0.333 e. The fraction of sp³-hybridized carbons (Fsp3) is 0.333. The predicted octanol–water partition coefficient (Wildman–Crippen LogP) is 4.31. The number of carbonyl (C=O) groups excluding carboxylic acids is 1. The minimum atomic E-state index is -0.935. The van der Waals surface area contributed by atoms with E-state index in [-0.39, 0.29) is 12.2 Å². The van der Waals surface area contributed by atoms with Gasteiger partial charge in [0, 0.05) is 17.6 Å². The van der Waals surface area contributed by atoms with E-state index in [1.165, 1.54) is 6.92 Å². The highest BCUT2D eigenvalue weighted by Gasteiger charge is 2.08. The molecule has 0 aromatic heterocycles. The summed E-state index contributed by atoms with van der Waals surface area (Å²) < 4.78 is 27.0. The lowest BCUT2D eigenvalue weighted by Gasteiger charge is -2.09. The van der Waals surface area contributed by atoms with Crippen molar-refractivity contribution < 1.29 is 38.4 Å². The van der Waals surface area contributed by atoms with Crippen LogP contribution in [0.4, 0.5) is 0 Å². The lowest BCUT2D eigenvalue weighted by molar-refractivity contribution is -0.141. The lowest BCUT2D eigenvalue weighted by Crippen LogP contribution is -2.15. The van der Waals surface area contributed by atoms with Crippen molar-refractivity contribution in [1.29, 1.82) is 0 Å². The summed E-state index contributed by atoms with van der Waals surface area (Å²) in [5.74, 6) is 0.235. The van der Waals surface area contributed by atoms with E-state index in [1.807, 2.05) is 60.7 Å². The van der Waals surface area contributed by atoms with Gasteiger partial charge < -0.3 is 28.8 Å². The molecule has 0 atom stereocenters. The van der Waals surface area contributed by atoms with Crippen LogP contribution in [0.3, 0.4) is 0 Å². The Labute approximate surface area is 206 Å². The van der Waals surface area contributed by atoms with Gasteiger partial charge in [0.1, 0.15) is 31.3 Å². The van der Waals surface area contributed by atoms with E-state index in [0.29, 0.717) is 51.6 Å². The molecule has 2 aromatic rings. The average Bonchev–Trinajstić information content (AvgIpc) is 2.86.